The molecule has 1 aliphatic carbocycles. The van der Waals surface area contributed by atoms with Crippen LogP contribution in [-0.4, -0.2) is 90.4 Å². The second-order valence-electron chi connectivity index (χ2n) is 11.9. The first-order valence-electron chi connectivity index (χ1n) is 13.2. The molecule has 0 aromatic heterocycles. The summed E-state index contributed by atoms with van der Waals surface area (Å²) in [5.74, 6) is 2.76. The van der Waals surface area contributed by atoms with E-state index in [1.54, 1.807) is 0 Å². The van der Waals surface area contributed by atoms with Crippen LogP contribution >= 0.6 is 0 Å². The Bertz CT molecular complexity index is 685. The van der Waals surface area contributed by atoms with Crippen LogP contribution in [0.15, 0.2) is 0 Å². The number of piperidine rings is 1. The molecule has 0 amide bonds. The monoisotopic (exact) mass is 450 g/mol. The Morgan fingerprint density at radius 2 is 1.75 bits per heavy atom. The zero-order chi connectivity index (χ0) is 22.0. The maximum Gasteiger partial charge on any atom is 0.184 e. The summed E-state index contributed by atoms with van der Waals surface area (Å²) in [7, 11) is 0. The lowest BCUT2D eigenvalue weighted by Gasteiger charge is -2.45. The third-order valence-electron chi connectivity index (χ3n) is 10.4. The van der Waals surface area contributed by atoms with Gasteiger partial charge in [-0.15, -0.1) is 0 Å². The van der Waals surface area contributed by atoms with Crippen molar-refractivity contribution in [2.45, 2.75) is 83.3 Å². The Balaban J connectivity index is 0.994. The van der Waals surface area contributed by atoms with Crippen molar-refractivity contribution in [2.75, 3.05) is 39.4 Å². The van der Waals surface area contributed by atoms with Crippen LogP contribution in [0.25, 0.3) is 0 Å². The minimum atomic E-state index is -0.527. The summed E-state index contributed by atoms with van der Waals surface area (Å²) in [5, 5.41) is 21.4. The number of nitrogens with zero attached hydrogens (tertiary/aromatic N) is 2. The summed E-state index contributed by atoms with van der Waals surface area (Å²) in [6, 6.07) is 0.279. The molecule has 10 unspecified atom stereocenters. The predicted molar refractivity (Wildman–Crippen MR) is 118 cm³/mol. The molecular weight excluding hydrogens is 408 g/mol. The lowest BCUT2D eigenvalue weighted by Crippen LogP contribution is -2.54. The summed E-state index contributed by atoms with van der Waals surface area (Å²) >= 11 is 0. The van der Waals surface area contributed by atoms with E-state index in [1.165, 1.54) is 19.4 Å². The normalized spacial score (nSPS) is 51.0. The van der Waals surface area contributed by atoms with Crippen LogP contribution in [-0.2, 0) is 14.2 Å². The van der Waals surface area contributed by atoms with Crippen molar-refractivity contribution < 1.29 is 24.4 Å². The number of hydrogen-bond donors (Lipinski definition) is 2. The zero-order valence-corrected chi connectivity index (χ0v) is 19.8. The molecule has 0 bridgehead atoms. The fraction of sp³-hybridized carbons (Fsp3) is 1.00. The Hall–Kier alpha value is -0.280. The van der Waals surface area contributed by atoms with Gasteiger partial charge in [-0.3, -0.25) is 4.90 Å². The molecule has 10 atom stereocenters. The average Bonchev–Trinajstić information content (AvgIpc) is 3.43. The largest absolute Gasteiger partial charge is 0.378 e. The highest BCUT2D eigenvalue weighted by molar-refractivity contribution is 5.03. The average molecular weight is 451 g/mol. The van der Waals surface area contributed by atoms with Gasteiger partial charge >= 0.3 is 0 Å². The Labute approximate surface area is 192 Å². The van der Waals surface area contributed by atoms with Gasteiger partial charge in [-0.25, -0.2) is 0 Å². The molecule has 6 aliphatic rings. The second kappa shape index (κ2) is 8.43. The van der Waals surface area contributed by atoms with Gasteiger partial charge in [0.15, 0.2) is 12.6 Å². The topological polar surface area (TPSA) is 77.9 Å². The number of hydrogen-bond acceptors (Lipinski definition) is 7. The van der Waals surface area contributed by atoms with Crippen molar-refractivity contribution in [1.29, 1.82) is 0 Å². The highest BCUT2D eigenvalue weighted by Crippen LogP contribution is 2.49. The Morgan fingerprint density at radius 3 is 2.56 bits per heavy atom. The molecule has 182 valence electrons. The van der Waals surface area contributed by atoms with Gasteiger partial charge in [0.1, 0.15) is 12.3 Å². The quantitative estimate of drug-likeness (QED) is 0.633. The standard InChI is InChI=1S/C25H42N2O5/c1-15-11-19-18(13-30-22(19)28)12-17(15)3-7-26-8-4-25(5-9-26)6-10-27(24(25)29)20-14-31-23-21(32-23)16(20)2/h15-24,28-29H,3-14H2,1-2H3. The van der Waals surface area contributed by atoms with Crippen molar-refractivity contribution in [1.82, 2.24) is 9.80 Å². The fourth-order valence-electron chi connectivity index (χ4n) is 7.86. The van der Waals surface area contributed by atoms with Crippen molar-refractivity contribution in [3.63, 3.8) is 0 Å². The van der Waals surface area contributed by atoms with E-state index in [4.69, 9.17) is 14.2 Å². The molecule has 0 aromatic rings. The molecule has 0 radical (unpaired) electrons. The molecule has 6 rings (SSSR count). The molecule has 7 nitrogen and oxygen atoms in total. The molecule has 7 heteroatoms. The summed E-state index contributed by atoms with van der Waals surface area (Å²) in [6.45, 7) is 10.4. The van der Waals surface area contributed by atoms with E-state index >= 15 is 0 Å². The number of epoxide rings is 1. The SMILES string of the molecule is CC1CC2C(COC2O)CC1CCN1CCC2(CC1)CCN(C1COC3OC3C1C)C2O. The van der Waals surface area contributed by atoms with E-state index in [-0.39, 0.29) is 30.1 Å². The van der Waals surface area contributed by atoms with Crippen LogP contribution in [0.3, 0.4) is 0 Å². The maximum absolute atomic E-state index is 11.4. The van der Waals surface area contributed by atoms with Gasteiger partial charge in [-0.05, 0) is 75.9 Å². The van der Waals surface area contributed by atoms with Crippen molar-refractivity contribution >= 4 is 0 Å². The van der Waals surface area contributed by atoms with E-state index in [9.17, 15) is 10.2 Å². The molecular formula is C25H42N2O5. The summed E-state index contributed by atoms with van der Waals surface area (Å²) in [5.41, 5.74) is 0.0557. The van der Waals surface area contributed by atoms with Gasteiger partial charge in [0.05, 0.1) is 13.2 Å². The lowest BCUT2D eigenvalue weighted by molar-refractivity contribution is -0.112. The first kappa shape index (κ1) is 22.2. The van der Waals surface area contributed by atoms with Crippen molar-refractivity contribution in [3.8, 4) is 0 Å². The summed E-state index contributed by atoms with van der Waals surface area (Å²) in [6.07, 6.45) is 6.24. The first-order valence-corrected chi connectivity index (χ1v) is 13.2. The number of aliphatic hydroxyl groups excluding tert-OH is 2. The van der Waals surface area contributed by atoms with E-state index in [1.807, 2.05) is 0 Å². The van der Waals surface area contributed by atoms with Crippen LogP contribution < -0.4 is 0 Å². The van der Waals surface area contributed by atoms with E-state index in [0.29, 0.717) is 30.3 Å². The number of likely N-dealkylation sites (tertiary alicyclic amines) is 2. The molecule has 5 saturated heterocycles. The van der Waals surface area contributed by atoms with Gasteiger partial charge in [0.25, 0.3) is 0 Å². The third-order valence-corrected chi connectivity index (χ3v) is 10.4. The van der Waals surface area contributed by atoms with Gasteiger partial charge in [0, 0.05) is 29.8 Å². The molecule has 1 spiro atoms. The van der Waals surface area contributed by atoms with Gasteiger partial charge in [-0.1, -0.05) is 13.8 Å². The zero-order valence-electron chi connectivity index (χ0n) is 19.8. The Morgan fingerprint density at radius 1 is 0.969 bits per heavy atom. The molecule has 32 heavy (non-hydrogen) atoms. The Kier molecular flexibility index (Phi) is 5.85. The molecule has 0 aromatic carbocycles. The molecule has 1 saturated carbocycles. The lowest BCUT2D eigenvalue weighted by atomic mass is 9.68. The highest BCUT2D eigenvalue weighted by atomic mass is 16.8. The van der Waals surface area contributed by atoms with Gasteiger partial charge in [0.2, 0.25) is 0 Å². The third kappa shape index (κ3) is 3.76. The van der Waals surface area contributed by atoms with Crippen molar-refractivity contribution in [2.24, 2.45) is 35.0 Å². The van der Waals surface area contributed by atoms with Crippen LogP contribution in [0.5, 0.6) is 0 Å². The first-order chi connectivity index (χ1) is 15.4. The smallest absolute Gasteiger partial charge is 0.184 e. The second-order valence-corrected chi connectivity index (χ2v) is 11.9. The number of aliphatic hydroxyl groups is 2. The molecule has 5 aliphatic heterocycles. The van der Waals surface area contributed by atoms with Crippen LogP contribution in [0.1, 0.15) is 52.4 Å². The van der Waals surface area contributed by atoms with E-state index in [0.717, 1.165) is 57.8 Å². The van der Waals surface area contributed by atoms with E-state index < -0.39 is 6.29 Å². The summed E-state index contributed by atoms with van der Waals surface area (Å²) in [4.78, 5) is 4.96. The van der Waals surface area contributed by atoms with Crippen LogP contribution in [0.4, 0.5) is 0 Å². The minimum Gasteiger partial charge on any atom is -0.378 e. The fourth-order valence-corrected chi connectivity index (χ4v) is 7.86. The highest BCUT2D eigenvalue weighted by Gasteiger charge is 2.56. The minimum absolute atomic E-state index is 0.0159. The predicted octanol–water partition coefficient (Wildman–Crippen LogP) is 1.87. The van der Waals surface area contributed by atoms with Crippen molar-refractivity contribution in [3.05, 3.63) is 0 Å². The van der Waals surface area contributed by atoms with E-state index in [2.05, 4.69) is 23.6 Å². The number of fused-ring (bicyclic) bond motifs is 2. The maximum atomic E-state index is 11.4. The van der Waals surface area contributed by atoms with Gasteiger partial charge < -0.3 is 29.3 Å². The van der Waals surface area contributed by atoms with Crippen LogP contribution in [0, 0.1) is 35.0 Å². The molecule has 6 fully saturated rings. The number of rotatable bonds is 4. The molecule has 2 N–H and O–H groups in total. The number of ether oxygens (including phenoxy) is 3. The van der Waals surface area contributed by atoms with Crippen LogP contribution in [0.2, 0.25) is 0 Å². The molecule has 5 heterocycles. The van der Waals surface area contributed by atoms with Gasteiger partial charge in [-0.2, -0.15) is 0 Å². The summed E-state index contributed by atoms with van der Waals surface area (Å²) < 4.78 is 17.0.